The SMILES string of the molecule is C=C(O[C@@H]1Cc2c(O)cc(O)cc2O[C@@H]1c1cc(O)c(O)c2c(O)c(=O)cccc12)c1cc(O)c(O)c(O)c1. The van der Waals surface area contributed by atoms with Gasteiger partial charge in [-0.15, -0.1) is 0 Å². The summed E-state index contributed by atoms with van der Waals surface area (Å²) in [7, 11) is 0. The number of phenols is 7. The maximum Gasteiger partial charge on any atom is 0.220 e. The van der Waals surface area contributed by atoms with Gasteiger partial charge in [0.1, 0.15) is 29.1 Å². The van der Waals surface area contributed by atoms with Gasteiger partial charge in [-0.1, -0.05) is 18.7 Å². The fourth-order valence-electron chi connectivity index (χ4n) is 4.61. The molecule has 0 saturated carbocycles. The maximum atomic E-state index is 12.2. The Morgan fingerprint density at radius 3 is 2.18 bits per heavy atom. The van der Waals surface area contributed by atoms with Crippen molar-refractivity contribution >= 4 is 16.5 Å². The third-order valence-electron chi connectivity index (χ3n) is 6.49. The smallest absolute Gasteiger partial charge is 0.220 e. The normalized spacial score (nSPS) is 16.3. The number of fused-ring (bicyclic) bond motifs is 2. The maximum absolute atomic E-state index is 12.2. The standard InChI is InChI=1S/C28H22O11/c1-11(12-5-19(32)25(35)20(33)6-12)38-23-10-16-18(31)7-13(29)8-22(16)39-28(23)15-9-21(34)27(37)24-14(15)3-2-4-17(30)26(24)36/h2-9,23,28-29,31-35,37H,1,10H2,(H,30,36)/t23-,28-/m1/s1. The van der Waals surface area contributed by atoms with E-state index in [1.807, 2.05) is 0 Å². The molecule has 0 aliphatic carbocycles. The highest BCUT2D eigenvalue weighted by Gasteiger charge is 2.37. The van der Waals surface area contributed by atoms with Gasteiger partial charge in [0.25, 0.3) is 0 Å². The fourth-order valence-corrected chi connectivity index (χ4v) is 4.61. The fraction of sp³-hybridized carbons (Fsp3) is 0.107. The first-order chi connectivity index (χ1) is 18.5. The summed E-state index contributed by atoms with van der Waals surface area (Å²) in [5.74, 6) is -4.79. The first-order valence-corrected chi connectivity index (χ1v) is 11.5. The first kappa shape index (κ1) is 25.2. The van der Waals surface area contributed by atoms with Gasteiger partial charge in [-0.05, 0) is 29.7 Å². The molecule has 39 heavy (non-hydrogen) atoms. The van der Waals surface area contributed by atoms with Gasteiger partial charge in [-0.2, -0.15) is 0 Å². The molecule has 0 unspecified atom stereocenters. The monoisotopic (exact) mass is 534 g/mol. The minimum atomic E-state index is -1.15. The molecule has 0 amide bonds. The Morgan fingerprint density at radius 1 is 0.821 bits per heavy atom. The predicted molar refractivity (Wildman–Crippen MR) is 137 cm³/mol. The van der Waals surface area contributed by atoms with Gasteiger partial charge in [0, 0.05) is 35.2 Å². The number of rotatable bonds is 4. The number of hydrogen-bond acceptors (Lipinski definition) is 11. The molecule has 1 heterocycles. The summed E-state index contributed by atoms with van der Waals surface area (Å²) in [6.45, 7) is 3.83. The Bertz CT molecular complexity index is 1710. The van der Waals surface area contributed by atoms with Crippen LogP contribution in [0, 0.1) is 0 Å². The molecular weight excluding hydrogens is 512 g/mol. The summed E-state index contributed by atoms with van der Waals surface area (Å²) in [5, 5.41) is 81.3. The van der Waals surface area contributed by atoms with Gasteiger partial charge < -0.3 is 50.3 Å². The zero-order chi connectivity index (χ0) is 28.2. The highest BCUT2D eigenvalue weighted by molar-refractivity contribution is 5.97. The van der Waals surface area contributed by atoms with E-state index >= 15 is 0 Å². The van der Waals surface area contributed by atoms with Crippen LogP contribution < -0.4 is 10.2 Å². The summed E-state index contributed by atoms with van der Waals surface area (Å²) in [5.41, 5.74) is -0.287. The topological polar surface area (TPSA) is 197 Å². The van der Waals surface area contributed by atoms with Gasteiger partial charge in [-0.25, -0.2) is 0 Å². The Kier molecular flexibility index (Phi) is 5.91. The van der Waals surface area contributed by atoms with E-state index in [-0.39, 0.29) is 56.9 Å². The van der Waals surface area contributed by atoms with Gasteiger partial charge in [0.2, 0.25) is 5.43 Å². The van der Waals surface area contributed by atoms with Crippen molar-refractivity contribution < 1.29 is 50.3 Å². The minimum Gasteiger partial charge on any atom is -0.508 e. The van der Waals surface area contributed by atoms with Crippen LogP contribution in [0.2, 0.25) is 0 Å². The van der Waals surface area contributed by atoms with E-state index in [0.29, 0.717) is 0 Å². The summed E-state index contributed by atoms with van der Waals surface area (Å²) in [6.07, 6.45) is -2.23. The van der Waals surface area contributed by atoms with Crippen molar-refractivity contribution in [1.29, 1.82) is 0 Å². The lowest BCUT2D eigenvalue weighted by atomic mass is 9.90. The number of phenolic OH excluding ortho intramolecular Hbond substituents is 7. The zero-order valence-electron chi connectivity index (χ0n) is 20.0. The lowest BCUT2D eigenvalue weighted by Crippen LogP contribution is -2.32. The van der Waals surface area contributed by atoms with Crippen LogP contribution in [-0.4, -0.2) is 47.0 Å². The van der Waals surface area contributed by atoms with E-state index in [1.54, 1.807) is 0 Å². The van der Waals surface area contributed by atoms with Crippen LogP contribution in [-0.2, 0) is 11.2 Å². The number of ether oxygens (including phenoxy) is 2. The Balaban J connectivity index is 1.69. The van der Waals surface area contributed by atoms with Crippen LogP contribution >= 0.6 is 0 Å². The van der Waals surface area contributed by atoms with Gasteiger partial charge in [0.05, 0.1) is 5.39 Å². The summed E-state index contributed by atoms with van der Waals surface area (Å²) in [4.78, 5) is 12.2. The third-order valence-corrected chi connectivity index (χ3v) is 6.49. The molecule has 0 bridgehead atoms. The highest BCUT2D eigenvalue weighted by atomic mass is 16.5. The molecule has 5 rings (SSSR count). The van der Waals surface area contributed by atoms with Gasteiger partial charge in [-0.3, -0.25) is 4.79 Å². The molecule has 11 heteroatoms. The Labute approximate surface area is 219 Å². The molecule has 0 radical (unpaired) electrons. The van der Waals surface area contributed by atoms with E-state index < -0.39 is 52.1 Å². The average Bonchev–Trinajstić information content (AvgIpc) is 3.02. The molecule has 8 N–H and O–H groups in total. The van der Waals surface area contributed by atoms with Crippen LogP contribution in [0.1, 0.15) is 22.8 Å². The number of hydrogen-bond donors (Lipinski definition) is 8. The van der Waals surface area contributed by atoms with Gasteiger partial charge >= 0.3 is 0 Å². The van der Waals surface area contributed by atoms with Crippen LogP contribution in [0.3, 0.4) is 0 Å². The third kappa shape index (κ3) is 4.25. The first-order valence-electron chi connectivity index (χ1n) is 11.5. The second-order valence-corrected chi connectivity index (χ2v) is 8.99. The van der Waals surface area contributed by atoms with Crippen molar-refractivity contribution in [2.75, 3.05) is 0 Å². The van der Waals surface area contributed by atoms with Crippen LogP contribution in [0.4, 0.5) is 0 Å². The van der Waals surface area contributed by atoms with Gasteiger partial charge in [0.15, 0.2) is 40.6 Å². The summed E-state index contributed by atoms with van der Waals surface area (Å²) in [6, 6.07) is 9.59. The quantitative estimate of drug-likeness (QED) is 0.141. The van der Waals surface area contributed by atoms with E-state index in [2.05, 4.69) is 6.58 Å². The average molecular weight is 534 g/mol. The van der Waals surface area contributed by atoms with E-state index in [1.165, 1.54) is 18.2 Å². The zero-order valence-corrected chi connectivity index (χ0v) is 20.0. The molecule has 11 nitrogen and oxygen atoms in total. The number of aromatic hydroxyl groups is 8. The van der Waals surface area contributed by atoms with Crippen molar-refractivity contribution in [3.63, 3.8) is 0 Å². The molecule has 1 aliphatic heterocycles. The van der Waals surface area contributed by atoms with Crippen LogP contribution in [0.15, 0.2) is 59.9 Å². The molecular formula is C28H22O11. The number of benzene rings is 3. The second kappa shape index (κ2) is 9.14. The summed E-state index contributed by atoms with van der Waals surface area (Å²) < 4.78 is 12.2. The molecule has 2 atom stereocenters. The molecule has 0 fully saturated rings. The Hall–Kier alpha value is -5.45. The molecule has 4 aromatic carbocycles. The van der Waals surface area contributed by atoms with E-state index in [4.69, 9.17) is 9.47 Å². The van der Waals surface area contributed by atoms with Crippen molar-refractivity contribution in [1.82, 2.24) is 0 Å². The molecule has 1 aliphatic rings. The van der Waals surface area contributed by atoms with Crippen molar-refractivity contribution in [3.8, 4) is 51.7 Å². The van der Waals surface area contributed by atoms with Crippen molar-refractivity contribution in [2.24, 2.45) is 0 Å². The van der Waals surface area contributed by atoms with E-state index in [0.717, 1.165) is 30.3 Å². The largest absolute Gasteiger partial charge is 0.508 e. The Morgan fingerprint density at radius 2 is 1.49 bits per heavy atom. The lowest BCUT2D eigenvalue weighted by Gasteiger charge is -2.35. The molecule has 0 saturated heterocycles. The molecule has 4 aromatic rings. The molecule has 0 aromatic heterocycles. The molecule has 0 spiro atoms. The van der Waals surface area contributed by atoms with Crippen molar-refractivity contribution in [2.45, 2.75) is 18.6 Å². The van der Waals surface area contributed by atoms with Crippen molar-refractivity contribution in [3.05, 3.63) is 82.0 Å². The molecule has 200 valence electrons. The predicted octanol–water partition coefficient (Wildman–Crippen LogP) is 3.58. The van der Waals surface area contributed by atoms with Crippen LogP contribution in [0.25, 0.3) is 16.5 Å². The highest BCUT2D eigenvalue weighted by Crippen LogP contribution is 2.48. The van der Waals surface area contributed by atoms with Crippen LogP contribution in [0.5, 0.6) is 51.7 Å². The second-order valence-electron chi connectivity index (χ2n) is 8.99. The minimum absolute atomic E-state index is 0.0396. The van der Waals surface area contributed by atoms with E-state index in [9.17, 15) is 45.6 Å². The summed E-state index contributed by atoms with van der Waals surface area (Å²) >= 11 is 0. The lowest BCUT2D eigenvalue weighted by molar-refractivity contribution is 0.0203.